The topological polar surface area (TPSA) is 17.3 Å². The molecule has 0 saturated carbocycles. The SMILES string of the molecule is Cc1c(-c2ccccc2)c(=NC(C)(C)C)sn1Cc1ccccc1. The van der Waals surface area contributed by atoms with Gasteiger partial charge in [-0.05, 0) is 50.4 Å². The van der Waals surface area contributed by atoms with Gasteiger partial charge in [-0.2, -0.15) is 0 Å². The second kappa shape index (κ2) is 6.78. The van der Waals surface area contributed by atoms with E-state index in [4.69, 9.17) is 4.99 Å². The Bertz CT molecular complexity index is 866. The number of hydrogen-bond donors (Lipinski definition) is 0. The first-order valence-corrected chi connectivity index (χ1v) is 9.07. The van der Waals surface area contributed by atoms with Crippen molar-refractivity contribution in [2.75, 3.05) is 0 Å². The van der Waals surface area contributed by atoms with Crippen LogP contribution in [0.15, 0.2) is 65.7 Å². The highest BCUT2D eigenvalue weighted by Gasteiger charge is 2.15. The van der Waals surface area contributed by atoms with Gasteiger partial charge in [-0.3, -0.25) is 8.95 Å². The quantitative estimate of drug-likeness (QED) is 0.620. The molecule has 1 aromatic heterocycles. The van der Waals surface area contributed by atoms with Crippen LogP contribution in [0.5, 0.6) is 0 Å². The van der Waals surface area contributed by atoms with E-state index < -0.39 is 0 Å². The Morgan fingerprint density at radius 1 is 0.917 bits per heavy atom. The lowest BCUT2D eigenvalue weighted by Crippen LogP contribution is -2.15. The van der Waals surface area contributed by atoms with Crippen LogP contribution >= 0.6 is 11.5 Å². The molecule has 2 nitrogen and oxygen atoms in total. The summed E-state index contributed by atoms with van der Waals surface area (Å²) < 4.78 is 3.46. The third kappa shape index (κ3) is 3.85. The van der Waals surface area contributed by atoms with Crippen LogP contribution in [0.4, 0.5) is 0 Å². The van der Waals surface area contributed by atoms with Gasteiger partial charge in [-0.15, -0.1) is 0 Å². The lowest BCUT2D eigenvalue weighted by atomic mass is 10.1. The molecule has 0 N–H and O–H groups in total. The molecule has 0 fully saturated rings. The van der Waals surface area contributed by atoms with Crippen molar-refractivity contribution >= 4 is 11.5 Å². The highest BCUT2D eigenvalue weighted by atomic mass is 32.1. The number of aromatic nitrogens is 1. The van der Waals surface area contributed by atoms with E-state index in [-0.39, 0.29) is 5.54 Å². The zero-order valence-electron chi connectivity index (χ0n) is 14.8. The first-order valence-electron chi connectivity index (χ1n) is 8.30. The van der Waals surface area contributed by atoms with E-state index in [0.29, 0.717) is 0 Å². The Balaban J connectivity index is 2.15. The normalized spacial score (nSPS) is 12.6. The largest absolute Gasteiger partial charge is 0.296 e. The van der Waals surface area contributed by atoms with Gasteiger partial charge in [0.2, 0.25) is 0 Å². The average Bonchev–Trinajstić information content (AvgIpc) is 2.83. The second-order valence-corrected chi connectivity index (χ2v) is 8.04. The van der Waals surface area contributed by atoms with E-state index >= 15 is 0 Å². The van der Waals surface area contributed by atoms with Gasteiger partial charge in [0.15, 0.2) is 0 Å². The van der Waals surface area contributed by atoms with Crippen LogP contribution in [-0.2, 0) is 6.54 Å². The Morgan fingerprint density at radius 2 is 1.50 bits per heavy atom. The summed E-state index contributed by atoms with van der Waals surface area (Å²) in [5.74, 6) is 0. The molecule has 0 unspecified atom stereocenters. The summed E-state index contributed by atoms with van der Waals surface area (Å²) in [6, 6.07) is 21.2. The Labute approximate surface area is 148 Å². The molecule has 124 valence electrons. The molecule has 0 spiro atoms. The van der Waals surface area contributed by atoms with Gasteiger partial charge in [0.25, 0.3) is 0 Å². The molecule has 1 heterocycles. The smallest absolute Gasteiger partial charge is 0.137 e. The van der Waals surface area contributed by atoms with Crippen molar-refractivity contribution in [1.29, 1.82) is 0 Å². The molecule has 2 aromatic carbocycles. The maximum absolute atomic E-state index is 4.99. The van der Waals surface area contributed by atoms with Gasteiger partial charge in [0, 0.05) is 11.3 Å². The molecule has 0 aliphatic rings. The Hall–Kier alpha value is -2.13. The molecule has 0 aliphatic carbocycles. The lowest BCUT2D eigenvalue weighted by Gasteiger charge is -2.10. The summed E-state index contributed by atoms with van der Waals surface area (Å²) in [5.41, 5.74) is 4.99. The third-order valence-corrected chi connectivity index (χ3v) is 4.91. The summed E-state index contributed by atoms with van der Waals surface area (Å²) in [4.78, 5) is 4.99. The minimum atomic E-state index is -0.0919. The summed E-state index contributed by atoms with van der Waals surface area (Å²) >= 11 is 1.75. The zero-order chi connectivity index (χ0) is 17.2. The minimum Gasteiger partial charge on any atom is -0.296 e. The van der Waals surface area contributed by atoms with Crippen LogP contribution in [0.2, 0.25) is 0 Å². The Kier molecular flexibility index (Phi) is 4.72. The van der Waals surface area contributed by atoms with E-state index in [1.54, 1.807) is 11.5 Å². The molecule has 0 aliphatic heterocycles. The first kappa shape index (κ1) is 16.7. The van der Waals surface area contributed by atoms with Crippen molar-refractivity contribution in [1.82, 2.24) is 3.96 Å². The third-order valence-electron chi connectivity index (χ3n) is 3.81. The van der Waals surface area contributed by atoms with Crippen LogP contribution in [0.1, 0.15) is 32.0 Å². The summed E-state index contributed by atoms with van der Waals surface area (Å²) in [7, 11) is 0. The molecule has 0 radical (unpaired) electrons. The molecule has 0 bridgehead atoms. The maximum atomic E-state index is 4.99. The molecular formula is C21H24N2S. The standard InChI is InChI=1S/C21H24N2S/c1-16-19(18-13-9-6-10-14-18)20(22-21(2,3)4)24-23(16)15-17-11-7-5-8-12-17/h5-14H,15H2,1-4H3. The number of benzene rings is 2. The van der Waals surface area contributed by atoms with E-state index in [1.165, 1.54) is 22.4 Å². The molecule has 3 heteroatoms. The van der Waals surface area contributed by atoms with Crippen LogP contribution in [0.25, 0.3) is 11.1 Å². The van der Waals surface area contributed by atoms with E-state index in [1.807, 2.05) is 0 Å². The van der Waals surface area contributed by atoms with E-state index in [0.717, 1.165) is 11.2 Å². The van der Waals surface area contributed by atoms with Crippen molar-refractivity contribution in [2.24, 2.45) is 4.99 Å². The van der Waals surface area contributed by atoms with Crippen molar-refractivity contribution < 1.29 is 0 Å². The second-order valence-electron chi connectivity index (χ2n) is 7.03. The van der Waals surface area contributed by atoms with Crippen LogP contribution in [0.3, 0.4) is 0 Å². The van der Waals surface area contributed by atoms with Crippen LogP contribution in [-0.4, -0.2) is 9.50 Å². The predicted octanol–water partition coefficient (Wildman–Crippen LogP) is 5.27. The van der Waals surface area contributed by atoms with Gasteiger partial charge in [-0.1, -0.05) is 60.7 Å². The summed E-state index contributed by atoms with van der Waals surface area (Å²) in [6.45, 7) is 9.54. The predicted molar refractivity (Wildman–Crippen MR) is 103 cm³/mol. The molecular weight excluding hydrogens is 312 g/mol. The molecule has 24 heavy (non-hydrogen) atoms. The van der Waals surface area contributed by atoms with E-state index in [2.05, 4.69) is 92.3 Å². The lowest BCUT2D eigenvalue weighted by molar-refractivity contribution is 0.570. The zero-order valence-corrected chi connectivity index (χ0v) is 15.6. The number of hydrogen-bond acceptors (Lipinski definition) is 2. The van der Waals surface area contributed by atoms with Crippen LogP contribution in [0, 0.1) is 6.92 Å². The van der Waals surface area contributed by atoms with Crippen molar-refractivity contribution in [3.8, 4) is 11.1 Å². The van der Waals surface area contributed by atoms with Gasteiger partial charge < -0.3 is 0 Å². The van der Waals surface area contributed by atoms with Crippen molar-refractivity contribution in [2.45, 2.75) is 39.8 Å². The molecule has 3 aromatic rings. The first-order chi connectivity index (χ1) is 11.4. The van der Waals surface area contributed by atoms with Crippen LogP contribution < -0.4 is 4.67 Å². The van der Waals surface area contributed by atoms with Gasteiger partial charge in [0.1, 0.15) is 4.67 Å². The highest BCUT2D eigenvalue weighted by molar-refractivity contribution is 7.04. The summed E-state index contributed by atoms with van der Waals surface area (Å²) in [6.07, 6.45) is 0. The fourth-order valence-electron chi connectivity index (χ4n) is 2.72. The minimum absolute atomic E-state index is 0.0919. The fourth-order valence-corrected chi connectivity index (χ4v) is 4.04. The maximum Gasteiger partial charge on any atom is 0.137 e. The van der Waals surface area contributed by atoms with Crippen molar-refractivity contribution in [3.05, 3.63) is 76.6 Å². The van der Waals surface area contributed by atoms with Gasteiger partial charge in [-0.25, -0.2) is 0 Å². The average molecular weight is 337 g/mol. The van der Waals surface area contributed by atoms with Gasteiger partial charge >= 0.3 is 0 Å². The fraction of sp³-hybridized carbons (Fsp3) is 0.286. The number of rotatable bonds is 3. The van der Waals surface area contributed by atoms with Gasteiger partial charge in [0.05, 0.1) is 12.1 Å². The Morgan fingerprint density at radius 3 is 2.08 bits per heavy atom. The number of nitrogens with zero attached hydrogens (tertiary/aromatic N) is 2. The summed E-state index contributed by atoms with van der Waals surface area (Å²) in [5, 5.41) is 0. The van der Waals surface area contributed by atoms with E-state index in [9.17, 15) is 0 Å². The highest BCUT2D eigenvalue weighted by Crippen LogP contribution is 2.24. The molecule has 0 atom stereocenters. The molecule has 3 rings (SSSR count). The monoisotopic (exact) mass is 336 g/mol. The molecule has 0 amide bonds. The van der Waals surface area contributed by atoms with Crippen molar-refractivity contribution in [3.63, 3.8) is 0 Å². The molecule has 0 saturated heterocycles.